The molecule has 1 N–H and O–H groups in total. The SMILES string of the molecule is COc1ccc(-c2cccc3c2CNC3=O)c(OCC(C)(C)OC(=O)C2CCOCC2)c1OC. The fourth-order valence-corrected chi connectivity index (χ4v) is 4.32. The van der Waals surface area contributed by atoms with Gasteiger partial charge in [-0.2, -0.15) is 0 Å². The Morgan fingerprint density at radius 3 is 2.47 bits per heavy atom. The van der Waals surface area contributed by atoms with Gasteiger partial charge in [-0.3, -0.25) is 9.59 Å². The van der Waals surface area contributed by atoms with Gasteiger partial charge in [-0.05, 0) is 56.0 Å². The van der Waals surface area contributed by atoms with Gasteiger partial charge in [0.25, 0.3) is 5.91 Å². The Morgan fingerprint density at radius 2 is 1.76 bits per heavy atom. The lowest BCUT2D eigenvalue weighted by molar-refractivity contribution is -0.167. The summed E-state index contributed by atoms with van der Waals surface area (Å²) in [5.74, 6) is 0.916. The minimum Gasteiger partial charge on any atom is -0.493 e. The standard InChI is InChI=1S/C26H31NO7/c1-26(2,34-25(29)16-10-12-32-13-11-16)15-33-22-18(8-9-21(30-3)23(22)31-4)17-6-5-7-19-20(17)14-27-24(19)28/h5-9,16H,10-15H2,1-4H3,(H,27,28). The average molecular weight is 470 g/mol. The quantitative estimate of drug-likeness (QED) is 0.589. The van der Waals surface area contributed by atoms with Crippen molar-refractivity contribution in [2.75, 3.05) is 34.0 Å². The Balaban J connectivity index is 1.63. The molecule has 1 amide bonds. The van der Waals surface area contributed by atoms with E-state index in [1.165, 1.54) is 0 Å². The van der Waals surface area contributed by atoms with E-state index < -0.39 is 5.60 Å². The van der Waals surface area contributed by atoms with Gasteiger partial charge < -0.3 is 29.0 Å². The molecule has 2 aliphatic rings. The Kier molecular flexibility index (Phi) is 6.97. The highest BCUT2D eigenvalue weighted by Gasteiger charge is 2.32. The van der Waals surface area contributed by atoms with E-state index in [1.807, 2.05) is 32.0 Å². The number of fused-ring (bicyclic) bond motifs is 1. The van der Waals surface area contributed by atoms with Gasteiger partial charge in [0.15, 0.2) is 11.5 Å². The highest BCUT2D eigenvalue weighted by molar-refractivity contribution is 6.01. The molecule has 2 aromatic rings. The van der Waals surface area contributed by atoms with Gasteiger partial charge in [-0.25, -0.2) is 0 Å². The van der Waals surface area contributed by atoms with E-state index in [-0.39, 0.29) is 24.4 Å². The molecule has 0 spiro atoms. The Labute approximate surface area is 199 Å². The van der Waals surface area contributed by atoms with E-state index in [1.54, 1.807) is 26.4 Å². The lowest BCUT2D eigenvalue weighted by atomic mass is 9.95. The number of benzene rings is 2. The molecule has 2 aromatic carbocycles. The normalized spacial score (nSPS) is 15.9. The second-order valence-electron chi connectivity index (χ2n) is 9.05. The molecular formula is C26H31NO7. The van der Waals surface area contributed by atoms with Crippen LogP contribution in [0.2, 0.25) is 0 Å². The lowest BCUT2D eigenvalue weighted by Gasteiger charge is -2.29. The molecule has 0 aliphatic carbocycles. The van der Waals surface area contributed by atoms with Crippen molar-refractivity contribution in [3.8, 4) is 28.4 Å². The molecular weight excluding hydrogens is 438 g/mol. The molecule has 8 nitrogen and oxygen atoms in total. The zero-order chi connectivity index (χ0) is 24.3. The largest absolute Gasteiger partial charge is 0.493 e. The topological polar surface area (TPSA) is 92.3 Å². The van der Waals surface area contributed by atoms with Crippen LogP contribution in [-0.4, -0.2) is 51.5 Å². The van der Waals surface area contributed by atoms with Gasteiger partial charge in [0.05, 0.1) is 20.1 Å². The highest BCUT2D eigenvalue weighted by atomic mass is 16.6. The number of carbonyl (C=O) groups is 2. The highest BCUT2D eigenvalue weighted by Crippen LogP contribution is 2.46. The first-order valence-electron chi connectivity index (χ1n) is 11.4. The number of methoxy groups -OCH3 is 2. The van der Waals surface area contributed by atoms with Gasteiger partial charge in [0.2, 0.25) is 5.75 Å². The Bertz CT molecular complexity index is 1070. The van der Waals surface area contributed by atoms with Crippen molar-refractivity contribution < 1.29 is 33.3 Å². The number of rotatable bonds is 8. The van der Waals surface area contributed by atoms with Crippen LogP contribution < -0.4 is 19.5 Å². The molecule has 8 heteroatoms. The summed E-state index contributed by atoms with van der Waals surface area (Å²) in [6.07, 6.45) is 1.32. The number of hydrogen-bond donors (Lipinski definition) is 1. The predicted octanol–water partition coefficient (Wildman–Crippen LogP) is 3.74. The smallest absolute Gasteiger partial charge is 0.309 e. The predicted molar refractivity (Wildman–Crippen MR) is 125 cm³/mol. The summed E-state index contributed by atoms with van der Waals surface area (Å²) in [5, 5.41) is 2.87. The van der Waals surface area contributed by atoms with Crippen molar-refractivity contribution in [2.45, 2.75) is 38.8 Å². The van der Waals surface area contributed by atoms with Crippen LogP contribution in [0.25, 0.3) is 11.1 Å². The Hall–Kier alpha value is -3.26. The summed E-state index contributed by atoms with van der Waals surface area (Å²) in [6, 6.07) is 9.29. The number of esters is 1. The molecule has 0 unspecified atom stereocenters. The molecule has 34 heavy (non-hydrogen) atoms. The summed E-state index contributed by atoms with van der Waals surface area (Å²) >= 11 is 0. The maximum Gasteiger partial charge on any atom is 0.309 e. The molecule has 0 aromatic heterocycles. The fraction of sp³-hybridized carbons (Fsp3) is 0.462. The third kappa shape index (κ3) is 4.82. The molecule has 1 saturated heterocycles. The molecule has 0 radical (unpaired) electrons. The first-order chi connectivity index (χ1) is 16.3. The summed E-state index contributed by atoms with van der Waals surface area (Å²) in [6.45, 7) is 5.31. The van der Waals surface area contributed by atoms with Crippen molar-refractivity contribution in [3.05, 3.63) is 41.5 Å². The number of amides is 1. The third-order valence-corrected chi connectivity index (χ3v) is 6.13. The van der Waals surface area contributed by atoms with Crippen LogP contribution in [0, 0.1) is 5.92 Å². The van der Waals surface area contributed by atoms with E-state index >= 15 is 0 Å². The first kappa shape index (κ1) is 23.9. The van der Waals surface area contributed by atoms with Crippen molar-refractivity contribution in [3.63, 3.8) is 0 Å². The number of hydrogen-bond acceptors (Lipinski definition) is 7. The number of carbonyl (C=O) groups excluding carboxylic acids is 2. The summed E-state index contributed by atoms with van der Waals surface area (Å²) in [4.78, 5) is 24.9. The third-order valence-electron chi connectivity index (χ3n) is 6.13. The van der Waals surface area contributed by atoms with Crippen LogP contribution in [0.5, 0.6) is 17.2 Å². The van der Waals surface area contributed by atoms with Gasteiger partial charge in [-0.15, -0.1) is 0 Å². The van der Waals surface area contributed by atoms with Gasteiger partial charge in [-0.1, -0.05) is 12.1 Å². The van der Waals surface area contributed by atoms with E-state index in [9.17, 15) is 9.59 Å². The minimum atomic E-state index is -0.878. The van der Waals surface area contributed by atoms with Crippen LogP contribution in [0.3, 0.4) is 0 Å². The van der Waals surface area contributed by atoms with Crippen molar-refractivity contribution in [2.24, 2.45) is 5.92 Å². The molecule has 0 bridgehead atoms. The van der Waals surface area contributed by atoms with Crippen LogP contribution in [-0.2, 0) is 20.8 Å². The Morgan fingerprint density at radius 1 is 1.03 bits per heavy atom. The van der Waals surface area contributed by atoms with Crippen molar-refractivity contribution >= 4 is 11.9 Å². The van der Waals surface area contributed by atoms with Crippen LogP contribution in [0.4, 0.5) is 0 Å². The van der Waals surface area contributed by atoms with Crippen LogP contribution >= 0.6 is 0 Å². The van der Waals surface area contributed by atoms with Gasteiger partial charge in [0, 0.05) is 30.9 Å². The zero-order valence-corrected chi connectivity index (χ0v) is 20.1. The molecule has 0 saturated carbocycles. The van der Waals surface area contributed by atoms with Crippen molar-refractivity contribution in [1.29, 1.82) is 0 Å². The second kappa shape index (κ2) is 9.93. The van der Waals surface area contributed by atoms with E-state index in [4.69, 9.17) is 23.7 Å². The average Bonchev–Trinajstić information content (AvgIpc) is 3.23. The molecule has 0 atom stereocenters. The molecule has 1 fully saturated rings. The van der Waals surface area contributed by atoms with Gasteiger partial charge >= 0.3 is 5.97 Å². The summed E-state index contributed by atoms with van der Waals surface area (Å²) in [5.41, 5.74) is 2.29. The van der Waals surface area contributed by atoms with Crippen molar-refractivity contribution in [1.82, 2.24) is 5.32 Å². The molecule has 2 heterocycles. The number of nitrogens with one attached hydrogen (secondary N) is 1. The molecule has 182 valence electrons. The summed E-state index contributed by atoms with van der Waals surface area (Å²) < 4.78 is 28.6. The lowest BCUT2D eigenvalue weighted by Crippen LogP contribution is -2.38. The fourth-order valence-electron chi connectivity index (χ4n) is 4.32. The van der Waals surface area contributed by atoms with E-state index in [0.29, 0.717) is 55.4 Å². The maximum absolute atomic E-state index is 12.7. The van der Waals surface area contributed by atoms with Gasteiger partial charge in [0.1, 0.15) is 12.2 Å². The first-order valence-corrected chi connectivity index (χ1v) is 11.4. The summed E-state index contributed by atoms with van der Waals surface area (Å²) in [7, 11) is 3.11. The second-order valence-corrected chi connectivity index (χ2v) is 9.05. The zero-order valence-electron chi connectivity index (χ0n) is 20.1. The van der Waals surface area contributed by atoms with Crippen LogP contribution in [0.15, 0.2) is 30.3 Å². The van der Waals surface area contributed by atoms with E-state index in [0.717, 1.165) is 16.7 Å². The number of ether oxygens (including phenoxy) is 5. The van der Waals surface area contributed by atoms with Crippen LogP contribution in [0.1, 0.15) is 42.6 Å². The molecule has 2 aliphatic heterocycles. The van der Waals surface area contributed by atoms with E-state index in [2.05, 4.69) is 5.32 Å². The maximum atomic E-state index is 12.7. The molecule has 4 rings (SSSR count). The minimum absolute atomic E-state index is 0.0963. The monoisotopic (exact) mass is 469 g/mol.